The number of tetrazole rings is 1. The third-order valence-electron chi connectivity index (χ3n) is 5.23. The fourth-order valence-electron chi connectivity index (χ4n) is 3.56. The van der Waals surface area contributed by atoms with Crippen LogP contribution < -0.4 is 11.1 Å². The van der Waals surface area contributed by atoms with Gasteiger partial charge in [0.05, 0.1) is 0 Å². The Morgan fingerprint density at radius 3 is 2.85 bits per heavy atom. The minimum atomic E-state index is -4.73. The van der Waals surface area contributed by atoms with E-state index in [4.69, 9.17) is 5.73 Å². The summed E-state index contributed by atoms with van der Waals surface area (Å²) in [6.45, 7) is -1.79. The molecule has 2 atom stereocenters. The number of carboxylic acids is 1. The summed E-state index contributed by atoms with van der Waals surface area (Å²) in [4.78, 5) is 47.0. The predicted molar refractivity (Wildman–Crippen MR) is 132 cm³/mol. The molecule has 2 amide bonds. The summed E-state index contributed by atoms with van der Waals surface area (Å²) in [5.41, 5.74) is 5.41. The molecule has 1 fully saturated rings. The van der Waals surface area contributed by atoms with E-state index in [9.17, 15) is 32.7 Å². The first kappa shape index (κ1) is 27.5. The van der Waals surface area contributed by atoms with Crippen molar-refractivity contribution in [2.75, 3.05) is 23.8 Å². The highest BCUT2D eigenvalue weighted by molar-refractivity contribution is 8.01. The molecule has 5 rings (SSSR count). The number of hydrogen-bond donors (Lipinski definition) is 3. The molecule has 0 radical (unpaired) electrons. The van der Waals surface area contributed by atoms with E-state index in [1.165, 1.54) is 28.2 Å². The molecule has 0 spiro atoms. The lowest BCUT2D eigenvalue weighted by Crippen LogP contribution is -2.71. The van der Waals surface area contributed by atoms with Crippen LogP contribution in [0.4, 0.5) is 18.3 Å². The molecule has 0 aliphatic carbocycles. The zero-order valence-corrected chi connectivity index (χ0v) is 21.9. The smallest absolute Gasteiger partial charge is 0.425 e. The Kier molecular flexibility index (Phi) is 7.46. The normalized spacial score (nSPS) is 19.4. The molecule has 1 unspecified atom stereocenters. The second kappa shape index (κ2) is 10.8. The molecular formula is C18H14F3N11O5S3. The second-order valence-electron chi connectivity index (χ2n) is 7.89. The van der Waals surface area contributed by atoms with E-state index < -0.39 is 53.5 Å². The van der Waals surface area contributed by atoms with Gasteiger partial charge in [0.15, 0.2) is 10.8 Å². The number of nitrogens with zero attached hydrogens (tertiary/aromatic N) is 9. The Morgan fingerprint density at radius 1 is 1.35 bits per heavy atom. The second-order valence-corrected chi connectivity index (χ2v) is 10.8. The quantitative estimate of drug-likeness (QED) is 0.122. The fraction of sp³-hybridized carbons (Fsp3) is 0.333. The van der Waals surface area contributed by atoms with E-state index in [0.717, 1.165) is 4.90 Å². The molecule has 3 aromatic rings. The van der Waals surface area contributed by atoms with E-state index in [0.29, 0.717) is 27.8 Å². The number of thioether (sulfide) groups is 2. The van der Waals surface area contributed by atoms with Gasteiger partial charge in [-0.15, -0.1) is 38.4 Å². The number of anilines is 1. The van der Waals surface area contributed by atoms with E-state index in [-0.39, 0.29) is 22.3 Å². The van der Waals surface area contributed by atoms with Crippen LogP contribution in [0, 0.1) is 0 Å². The van der Waals surface area contributed by atoms with E-state index in [1.807, 2.05) is 0 Å². The van der Waals surface area contributed by atoms with E-state index in [1.54, 1.807) is 12.1 Å². The largest absolute Gasteiger partial charge is 0.477 e. The lowest BCUT2D eigenvalue weighted by atomic mass is 10.0. The first-order valence-corrected chi connectivity index (χ1v) is 13.6. The number of β-lactam (4-membered cyclic amide) rings is 1. The van der Waals surface area contributed by atoms with Gasteiger partial charge in [0, 0.05) is 23.0 Å². The average molecular weight is 618 g/mol. The van der Waals surface area contributed by atoms with Crippen LogP contribution >= 0.6 is 35.1 Å². The number of aliphatic carboxylic acids is 1. The fourth-order valence-corrected chi connectivity index (χ4v) is 6.33. The average Bonchev–Trinajstić information content (AvgIpc) is 3.55. The van der Waals surface area contributed by atoms with Crippen LogP contribution in [0.1, 0.15) is 5.82 Å². The van der Waals surface area contributed by atoms with Gasteiger partial charge in [-0.1, -0.05) is 5.16 Å². The maximum Gasteiger partial charge on any atom is 0.425 e. The number of nitrogens with one attached hydrogen (secondary N) is 1. The highest BCUT2D eigenvalue weighted by Crippen LogP contribution is 2.41. The molecule has 2 aliphatic rings. The van der Waals surface area contributed by atoms with Crippen molar-refractivity contribution >= 4 is 69.3 Å². The van der Waals surface area contributed by atoms with Crippen molar-refractivity contribution in [2.45, 2.75) is 22.6 Å². The number of nitrogens with two attached hydrogens (primary N) is 1. The van der Waals surface area contributed by atoms with E-state index in [2.05, 4.69) is 45.3 Å². The third kappa shape index (κ3) is 5.62. The Morgan fingerprint density at radius 2 is 2.15 bits per heavy atom. The number of nitrogen functional groups attached to an aromatic ring is 1. The molecule has 2 aliphatic heterocycles. The molecule has 3 aromatic heterocycles. The number of carboxylic acid groups (broad SMARTS) is 1. The highest BCUT2D eigenvalue weighted by atomic mass is 32.2. The van der Waals surface area contributed by atoms with Crippen LogP contribution in [0.3, 0.4) is 0 Å². The van der Waals surface area contributed by atoms with Crippen LogP contribution in [0.25, 0.3) is 5.65 Å². The molecule has 16 nitrogen and oxygen atoms in total. The van der Waals surface area contributed by atoms with Gasteiger partial charge in [-0.25, -0.2) is 4.79 Å². The minimum absolute atomic E-state index is 0.0882. The van der Waals surface area contributed by atoms with Gasteiger partial charge in [-0.2, -0.15) is 22.5 Å². The summed E-state index contributed by atoms with van der Waals surface area (Å²) in [5.74, 6) is -3.19. The first-order chi connectivity index (χ1) is 19.0. The lowest BCUT2D eigenvalue weighted by molar-refractivity contribution is -0.174. The molecule has 1 saturated heterocycles. The number of rotatable bonds is 9. The predicted octanol–water partition coefficient (Wildman–Crippen LogP) is -0.233. The van der Waals surface area contributed by atoms with Crippen LogP contribution in [-0.4, -0.2) is 104 Å². The van der Waals surface area contributed by atoms with Crippen LogP contribution in [0.2, 0.25) is 0 Å². The Bertz CT molecular complexity index is 1560. The van der Waals surface area contributed by atoms with Gasteiger partial charge in [0.2, 0.25) is 18.1 Å². The molecule has 210 valence electrons. The Balaban J connectivity index is 1.30. The summed E-state index contributed by atoms with van der Waals surface area (Å²) in [5, 5.41) is 30.2. The Labute approximate surface area is 232 Å². The molecule has 40 heavy (non-hydrogen) atoms. The van der Waals surface area contributed by atoms with Crippen LogP contribution in [0.15, 0.2) is 33.6 Å². The molecule has 4 N–H and O–H groups in total. The molecule has 5 heterocycles. The summed E-state index contributed by atoms with van der Waals surface area (Å²) < 4.78 is 42.5. The number of amides is 2. The van der Waals surface area contributed by atoms with E-state index >= 15 is 0 Å². The van der Waals surface area contributed by atoms with Gasteiger partial charge >= 0.3 is 12.1 Å². The zero-order chi connectivity index (χ0) is 28.6. The van der Waals surface area contributed by atoms with Gasteiger partial charge < -0.3 is 21.0 Å². The topological polar surface area (TPSA) is 216 Å². The van der Waals surface area contributed by atoms with Crippen molar-refractivity contribution < 1.29 is 37.5 Å². The number of fused-ring (bicyclic) bond motifs is 2. The number of carbonyl (C=O) groups excluding carboxylic acids is 2. The summed E-state index contributed by atoms with van der Waals surface area (Å²) in [6, 6.07) is 2.11. The standard InChI is InChI=1S/C18H14F3N11O5S3/c19-18(20,21)5-37-27-9(12-24-17(22)40-28-12)13(33)23-10-14(34)31-11(16(35)36)6(4-39-15(10)31)3-38-8-2-1-7-25-29-30-32(7)26-8/h1-2,10,15H,3-5H2,(H,23,33)(H,35,36)(H2,22,24,28)/b27-9+/t10?,15-/m1/s1. The van der Waals surface area contributed by atoms with Crippen molar-refractivity contribution in [3.63, 3.8) is 0 Å². The van der Waals surface area contributed by atoms with Gasteiger partial charge in [0.1, 0.15) is 22.1 Å². The van der Waals surface area contributed by atoms with Crippen molar-refractivity contribution in [3.8, 4) is 0 Å². The summed E-state index contributed by atoms with van der Waals surface area (Å²) >= 11 is 3.08. The van der Waals surface area contributed by atoms with Gasteiger partial charge in [-0.05, 0) is 28.1 Å². The number of carbonyl (C=O) groups is 3. The zero-order valence-electron chi connectivity index (χ0n) is 19.5. The molecular weight excluding hydrogens is 603 g/mol. The van der Waals surface area contributed by atoms with Crippen LogP contribution in [-0.2, 0) is 19.2 Å². The number of halogens is 3. The maximum absolute atomic E-state index is 13.0. The number of aromatic nitrogens is 7. The third-order valence-corrected chi connectivity index (χ3v) is 8.12. The minimum Gasteiger partial charge on any atom is -0.477 e. The molecule has 22 heteroatoms. The number of hydrogen-bond acceptors (Lipinski definition) is 15. The van der Waals surface area contributed by atoms with Gasteiger partial charge in [0.25, 0.3) is 11.8 Å². The molecule has 0 aromatic carbocycles. The first-order valence-electron chi connectivity index (χ1n) is 10.8. The number of oxime groups is 1. The van der Waals surface area contributed by atoms with Crippen molar-refractivity contribution in [3.05, 3.63) is 29.2 Å². The summed E-state index contributed by atoms with van der Waals surface area (Å²) in [7, 11) is 0. The van der Waals surface area contributed by atoms with Crippen molar-refractivity contribution in [1.29, 1.82) is 0 Å². The van der Waals surface area contributed by atoms with Gasteiger partial charge in [-0.3, -0.25) is 14.5 Å². The van der Waals surface area contributed by atoms with Crippen molar-refractivity contribution in [1.82, 2.24) is 44.8 Å². The number of alkyl halides is 3. The monoisotopic (exact) mass is 617 g/mol. The van der Waals surface area contributed by atoms with Crippen molar-refractivity contribution in [2.24, 2.45) is 5.16 Å². The van der Waals surface area contributed by atoms with Crippen LogP contribution in [0.5, 0.6) is 0 Å². The SMILES string of the molecule is Nc1nc(/C(=N\OCC(F)(F)F)C(=O)NC2C(=O)N3C(C(=O)O)=C(CSc4ccc5nnnn5n4)CS[C@H]23)ns1. The Hall–Kier alpha value is -4.05. The molecule has 0 saturated carbocycles. The summed E-state index contributed by atoms with van der Waals surface area (Å²) in [6.07, 6.45) is -4.73. The maximum atomic E-state index is 13.0. The lowest BCUT2D eigenvalue weighted by Gasteiger charge is -2.49. The molecule has 0 bridgehead atoms. The highest BCUT2D eigenvalue weighted by Gasteiger charge is 2.54.